The summed E-state index contributed by atoms with van der Waals surface area (Å²) in [6.07, 6.45) is 6.62. The highest BCUT2D eigenvalue weighted by molar-refractivity contribution is 5.55. The zero-order chi connectivity index (χ0) is 16.8. The molecule has 1 heterocycles. The van der Waals surface area contributed by atoms with Crippen LogP contribution >= 0.6 is 0 Å². The van der Waals surface area contributed by atoms with Crippen LogP contribution in [0.15, 0.2) is 55.1 Å². The minimum absolute atomic E-state index is 0.251. The van der Waals surface area contributed by atoms with E-state index in [9.17, 15) is 0 Å². The molecule has 0 spiro atoms. The largest absolute Gasteiger partial charge is 0.497 e. The lowest BCUT2D eigenvalue weighted by Crippen LogP contribution is -1.97. The van der Waals surface area contributed by atoms with Gasteiger partial charge >= 0.3 is 0 Å². The first-order chi connectivity index (χ1) is 11.8. The van der Waals surface area contributed by atoms with Crippen molar-refractivity contribution in [1.29, 1.82) is 0 Å². The molecule has 0 saturated carbocycles. The van der Waals surface area contributed by atoms with E-state index in [1.54, 1.807) is 13.2 Å². The van der Waals surface area contributed by atoms with Crippen LogP contribution in [0.5, 0.6) is 23.0 Å². The Bertz CT molecular complexity index is 732. The molecular weight excluding hydrogens is 304 g/mol. The van der Waals surface area contributed by atoms with Gasteiger partial charge in [0.15, 0.2) is 11.5 Å². The molecule has 124 valence electrons. The van der Waals surface area contributed by atoms with Gasteiger partial charge < -0.3 is 18.9 Å². The van der Waals surface area contributed by atoms with Gasteiger partial charge in [-0.3, -0.25) is 0 Å². The van der Waals surface area contributed by atoms with Gasteiger partial charge in [0.1, 0.15) is 18.1 Å². The fraction of sp³-hybridized carbons (Fsp3) is 0.200. The molecule has 0 bridgehead atoms. The molecule has 2 aromatic carbocycles. The van der Waals surface area contributed by atoms with Gasteiger partial charge in [-0.1, -0.05) is 36.9 Å². The molecule has 0 saturated heterocycles. The Morgan fingerprint density at radius 3 is 2.58 bits per heavy atom. The second-order valence-electron chi connectivity index (χ2n) is 5.29. The topological polar surface area (TPSA) is 36.9 Å². The summed E-state index contributed by atoms with van der Waals surface area (Å²) in [5, 5.41) is 0. The molecule has 1 aliphatic rings. The Hall–Kier alpha value is -2.88. The van der Waals surface area contributed by atoms with E-state index in [1.807, 2.05) is 36.4 Å². The van der Waals surface area contributed by atoms with Gasteiger partial charge in [-0.15, -0.1) is 0 Å². The fourth-order valence-electron chi connectivity index (χ4n) is 2.45. The lowest BCUT2D eigenvalue weighted by Gasteiger charge is -2.10. The lowest BCUT2D eigenvalue weighted by atomic mass is 10.1. The molecule has 4 nitrogen and oxygen atoms in total. The van der Waals surface area contributed by atoms with Crippen molar-refractivity contribution in [1.82, 2.24) is 0 Å². The van der Waals surface area contributed by atoms with E-state index in [2.05, 4.69) is 18.7 Å². The number of methoxy groups -OCH3 is 1. The molecule has 2 aromatic rings. The Labute approximate surface area is 141 Å². The zero-order valence-corrected chi connectivity index (χ0v) is 13.7. The summed E-state index contributed by atoms with van der Waals surface area (Å²) in [4.78, 5) is 0. The summed E-state index contributed by atoms with van der Waals surface area (Å²) < 4.78 is 21.8. The van der Waals surface area contributed by atoms with Gasteiger partial charge in [-0.05, 0) is 30.2 Å². The third-order valence-corrected chi connectivity index (χ3v) is 3.68. The van der Waals surface area contributed by atoms with E-state index in [4.69, 9.17) is 18.9 Å². The van der Waals surface area contributed by atoms with Gasteiger partial charge in [-0.25, -0.2) is 0 Å². The van der Waals surface area contributed by atoms with Crippen LogP contribution in [-0.4, -0.2) is 20.5 Å². The van der Waals surface area contributed by atoms with E-state index in [-0.39, 0.29) is 6.79 Å². The first kappa shape index (κ1) is 16.0. The molecular formula is C20H20O4. The maximum Gasteiger partial charge on any atom is 0.231 e. The number of benzene rings is 2. The second-order valence-corrected chi connectivity index (χ2v) is 5.29. The summed E-state index contributed by atoms with van der Waals surface area (Å²) in [7, 11) is 1.66. The van der Waals surface area contributed by atoms with E-state index in [0.29, 0.717) is 6.61 Å². The molecule has 0 unspecified atom stereocenters. The smallest absolute Gasteiger partial charge is 0.231 e. The standard InChI is InChI=1S/C20H20O4/c1-3-11-22-18-13-20-19(23-14-24-20)12-16(18)6-4-5-15-7-9-17(21-2)10-8-15/h3-5,7-10,12-13H,1,6,11,14H2,2H3/b5-4-. The van der Waals surface area contributed by atoms with E-state index < -0.39 is 0 Å². The fourth-order valence-corrected chi connectivity index (χ4v) is 2.45. The van der Waals surface area contributed by atoms with Crippen LogP contribution in [-0.2, 0) is 6.42 Å². The number of ether oxygens (including phenoxy) is 4. The minimum Gasteiger partial charge on any atom is -0.497 e. The van der Waals surface area contributed by atoms with E-state index in [0.717, 1.165) is 40.5 Å². The number of fused-ring (bicyclic) bond motifs is 1. The lowest BCUT2D eigenvalue weighted by molar-refractivity contribution is 0.174. The third kappa shape index (κ3) is 3.71. The van der Waals surface area contributed by atoms with Crippen LogP contribution in [0.2, 0.25) is 0 Å². The highest BCUT2D eigenvalue weighted by Crippen LogP contribution is 2.38. The van der Waals surface area contributed by atoms with Crippen LogP contribution in [0.1, 0.15) is 11.1 Å². The van der Waals surface area contributed by atoms with Crippen molar-refractivity contribution in [3.63, 3.8) is 0 Å². The molecule has 24 heavy (non-hydrogen) atoms. The molecule has 0 atom stereocenters. The highest BCUT2D eigenvalue weighted by Gasteiger charge is 2.17. The Morgan fingerprint density at radius 1 is 1.12 bits per heavy atom. The van der Waals surface area contributed by atoms with Crippen molar-refractivity contribution in [3.8, 4) is 23.0 Å². The molecule has 4 heteroatoms. The second kappa shape index (κ2) is 7.59. The van der Waals surface area contributed by atoms with Gasteiger partial charge in [0, 0.05) is 11.6 Å². The van der Waals surface area contributed by atoms with Crippen molar-refractivity contribution in [2.24, 2.45) is 0 Å². The summed E-state index contributed by atoms with van der Waals surface area (Å²) in [6.45, 7) is 4.39. The van der Waals surface area contributed by atoms with Gasteiger partial charge in [-0.2, -0.15) is 0 Å². The van der Waals surface area contributed by atoms with Crippen LogP contribution in [0.4, 0.5) is 0 Å². The molecule has 0 radical (unpaired) electrons. The van der Waals surface area contributed by atoms with Crippen LogP contribution in [0.3, 0.4) is 0 Å². The first-order valence-corrected chi connectivity index (χ1v) is 7.77. The summed E-state index contributed by atoms with van der Waals surface area (Å²) in [5.74, 6) is 3.12. The number of hydrogen-bond donors (Lipinski definition) is 0. The maximum atomic E-state index is 5.74. The van der Waals surface area contributed by atoms with Crippen LogP contribution in [0, 0.1) is 0 Å². The van der Waals surface area contributed by atoms with Gasteiger partial charge in [0.05, 0.1) is 7.11 Å². The minimum atomic E-state index is 0.251. The molecule has 0 amide bonds. The highest BCUT2D eigenvalue weighted by atomic mass is 16.7. The molecule has 3 rings (SSSR count). The summed E-state index contributed by atoms with van der Waals surface area (Å²) in [6, 6.07) is 11.8. The Balaban J connectivity index is 1.75. The average molecular weight is 324 g/mol. The molecule has 0 fully saturated rings. The zero-order valence-electron chi connectivity index (χ0n) is 13.7. The quantitative estimate of drug-likeness (QED) is 0.714. The van der Waals surface area contributed by atoms with Gasteiger partial charge in [0.25, 0.3) is 0 Å². The molecule has 0 aliphatic carbocycles. The number of allylic oxidation sites excluding steroid dienone is 1. The third-order valence-electron chi connectivity index (χ3n) is 3.68. The van der Waals surface area contributed by atoms with Gasteiger partial charge in [0.2, 0.25) is 6.79 Å². The van der Waals surface area contributed by atoms with Crippen molar-refractivity contribution < 1.29 is 18.9 Å². The molecule has 1 aliphatic heterocycles. The van der Waals surface area contributed by atoms with Crippen molar-refractivity contribution in [2.45, 2.75) is 6.42 Å². The summed E-state index contributed by atoms with van der Waals surface area (Å²) in [5.41, 5.74) is 2.16. The van der Waals surface area contributed by atoms with Crippen molar-refractivity contribution in [3.05, 3.63) is 66.3 Å². The number of rotatable bonds is 7. The van der Waals surface area contributed by atoms with Crippen molar-refractivity contribution in [2.75, 3.05) is 20.5 Å². The van der Waals surface area contributed by atoms with E-state index >= 15 is 0 Å². The average Bonchev–Trinajstić information content (AvgIpc) is 3.07. The summed E-state index contributed by atoms with van der Waals surface area (Å²) >= 11 is 0. The van der Waals surface area contributed by atoms with E-state index in [1.165, 1.54) is 0 Å². The van der Waals surface area contributed by atoms with Crippen LogP contribution < -0.4 is 18.9 Å². The number of hydrogen-bond acceptors (Lipinski definition) is 4. The van der Waals surface area contributed by atoms with Crippen LogP contribution in [0.25, 0.3) is 6.08 Å². The Morgan fingerprint density at radius 2 is 1.88 bits per heavy atom. The first-order valence-electron chi connectivity index (χ1n) is 7.77. The predicted molar refractivity (Wildman–Crippen MR) is 94.0 cm³/mol. The SMILES string of the molecule is C=CCOc1cc2c(cc1C/C=C\c1ccc(OC)cc1)OCO2. The predicted octanol–water partition coefficient (Wildman–Crippen LogP) is 4.24. The Kier molecular flexibility index (Phi) is 5.06. The van der Waals surface area contributed by atoms with Crippen molar-refractivity contribution >= 4 is 6.08 Å². The molecule has 0 N–H and O–H groups in total. The normalized spacial score (nSPS) is 12.4. The monoisotopic (exact) mass is 324 g/mol. The molecule has 0 aromatic heterocycles. The maximum absolute atomic E-state index is 5.74.